The maximum Gasteiger partial charge on any atom is 0.337 e. The van der Waals surface area contributed by atoms with Gasteiger partial charge in [-0.1, -0.05) is 11.2 Å². The maximum absolute atomic E-state index is 13.4. The number of methoxy groups -OCH3 is 1. The molecule has 0 spiro atoms. The first-order chi connectivity index (χ1) is 21.7. The summed E-state index contributed by atoms with van der Waals surface area (Å²) in [5, 5.41) is 68.7. The molecule has 15 nitrogen and oxygen atoms in total. The Hall–Kier alpha value is -4.96. The van der Waals surface area contributed by atoms with Gasteiger partial charge in [0.05, 0.1) is 48.2 Å². The van der Waals surface area contributed by atoms with Crippen LogP contribution in [0.2, 0.25) is 0 Å². The number of nitrogens with zero attached hydrogens (tertiary/aromatic N) is 1. The highest BCUT2D eigenvalue weighted by molar-refractivity contribution is 6.05. The van der Waals surface area contributed by atoms with Crippen LogP contribution >= 0.6 is 0 Å². The second kappa shape index (κ2) is 13.6. The lowest BCUT2D eigenvalue weighted by Crippen LogP contribution is -2.53. The highest BCUT2D eigenvalue weighted by atomic mass is 16.5. The third-order valence-electron chi connectivity index (χ3n) is 7.88. The zero-order valence-electron chi connectivity index (χ0n) is 24.6. The quantitative estimate of drug-likeness (QED) is 0.102. The van der Waals surface area contributed by atoms with Crippen molar-refractivity contribution in [2.75, 3.05) is 25.6 Å². The van der Waals surface area contributed by atoms with Crippen molar-refractivity contribution in [3.05, 3.63) is 65.0 Å². The minimum absolute atomic E-state index is 0.00727. The molecule has 1 aromatic heterocycles. The molecule has 0 saturated heterocycles. The summed E-state index contributed by atoms with van der Waals surface area (Å²) in [5.74, 6) is -7.02. The molecule has 15 heteroatoms. The number of hydrogen-bond acceptors (Lipinski definition) is 13. The second-order valence-corrected chi connectivity index (χ2v) is 11.1. The number of ketones is 2. The molecule has 1 aliphatic rings. The van der Waals surface area contributed by atoms with Gasteiger partial charge >= 0.3 is 11.9 Å². The summed E-state index contributed by atoms with van der Waals surface area (Å²) < 4.78 is 9.72. The van der Waals surface area contributed by atoms with E-state index in [9.17, 15) is 49.5 Å². The zero-order chi connectivity index (χ0) is 33.8. The first-order valence-corrected chi connectivity index (χ1v) is 14.0. The number of phenols is 1. The van der Waals surface area contributed by atoms with Gasteiger partial charge in [0.2, 0.25) is 5.76 Å². The van der Waals surface area contributed by atoms with Gasteiger partial charge in [-0.3, -0.25) is 19.2 Å². The fraction of sp³-hybridized carbons (Fsp3) is 0.355. The first kappa shape index (κ1) is 33.9. The smallest absolute Gasteiger partial charge is 0.337 e. The first-order valence-electron chi connectivity index (χ1n) is 14.0. The van der Waals surface area contributed by atoms with Gasteiger partial charge in [-0.05, 0) is 41.0 Å². The normalized spacial score (nSPS) is 17.8. The van der Waals surface area contributed by atoms with E-state index in [0.717, 1.165) is 7.11 Å². The van der Waals surface area contributed by atoms with E-state index in [1.165, 1.54) is 42.6 Å². The topological polar surface area (TPSA) is 254 Å². The number of aromatic hydroxyl groups is 1. The standard InChI is InChI=1S/C31H32N2O13/c1-45-29(42)17-8-16(9-18(10-17)33-28(41)25-4-6-32-46-25)19-2-3-22(36)27-20(19)12-30(43,13-24(27)38)15-31(44,5-7-34)21(14-35)23(37)11-26(39)40/h2-4,6,8-10,21,34-36,43-44H,5,7,11-15H2,1H3,(H,33,41)(H,39,40). The molecule has 244 valence electrons. The Labute approximate surface area is 261 Å². The fourth-order valence-electron chi connectivity index (χ4n) is 5.91. The number of aliphatic carboxylic acids is 1. The number of aliphatic hydroxyl groups is 4. The van der Waals surface area contributed by atoms with Gasteiger partial charge in [-0.15, -0.1) is 0 Å². The van der Waals surface area contributed by atoms with Crippen molar-refractivity contribution < 1.29 is 63.9 Å². The van der Waals surface area contributed by atoms with Crippen LogP contribution in [0.25, 0.3) is 11.1 Å². The molecule has 2 aromatic carbocycles. The van der Waals surface area contributed by atoms with Crippen LogP contribution in [0.3, 0.4) is 0 Å². The zero-order valence-corrected chi connectivity index (χ0v) is 24.6. The van der Waals surface area contributed by atoms with E-state index in [-0.39, 0.29) is 39.3 Å². The molecule has 0 fully saturated rings. The van der Waals surface area contributed by atoms with Crippen LogP contribution in [-0.2, 0) is 20.7 Å². The molecule has 3 atom stereocenters. The predicted octanol–water partition coefficient (Wildman–Crippen LogP) is 1.10. The van der Waals surface area contributed by atoms with Crippen LogP contribution in [-0.4, -0.2) is 96.7 Å². The average Bonchev–Trinajstić information content (AvgIpc) is 3.51. The van der Waals surface area contributed by atoms with Crippen molar-refractivity contribution in [2.24, 2.45) is 5.92 Å². The van der Waals surface area contributed by atoms with Crippen LogP contribution in [0.15, 0.2) is 47.1 Å². The number of nitrogens with one attached hydrogen (secondary N) is 1. The van der Waals surface area contributed by atoms with E-state index in [1.54, 1.807) is 0 Å². The number of carboxylic acids is 1. The van der Waals surface area contributed by atoms with Gasteiger partial charge in [-0.2, -0.15) is 0 Å². The molecular formula is C31H32N2O13. The molecule has 1 amide bonds. The number of anilines is 1. The molecule has 0 bridgehead atoms. The molecule has 1 heterocycles. The number of ether oxygens (including phenoxy) is 1. The highest BCUT2D eigenvalue weighted by Crippen LogP contribution is 2.44. The van der Waals surface area contributed by atoms with Crippen molar-refractivity contribution in [1.29, 1.82) is 0 Å². The molecule has 0 saturated carbocycles. The number of phenolic OH excluding ortho intramolecular Hbond substituents is 1. The number of carbonyl (C=O) groups excluding carboxylic acids is 4. The van der Waals surface area contributed by atoms with Crippen molar-refractivity contribution in [1.82, 2.24) is 5.16 Å². The number of esters is 1. The Morgan fingerprint density at radius 3 is 2.48 bits per heavy atom. The number of benzene rings is 2. The number of carbonyl (C=O) groups is 5. The van der Waals surface area contributed by atoms with Crippen LogP contribution < -0.4 is 5.32 Å². The lowest BCUT2D eigenvalue weighted by atomic mass is 9.68. The molecule has 0 radical (unpaired) electrons. The number of aliphatic hydroxyl groups excluding tert-OH is 2. The minimum atomic E-state index is -2.33. The molecule has 46 heavy (non-hydrogen) atoms. The molecule has 1 aliphatic carbocycles. The second-order valence-electron chi connectivity index (χ2n) is 11.1. The summed E-state index contributed by atoms with van der Waals surface area (Å²) in [7, 11) is 1.15. The van der Waals surface area contributed by atoms with E-state index in [2.05, 4.69) is 10.5 Å². The summed E-state index contributed by atoms with van der Waals surface area (Å²) >= 11 is 0. The summed E-state index contributed by atoms with van der Waals surface area (Å²) in [4.78, 5) is 62.5. The number of carboxylic acid groups (broad SMARTS) is 1. The Balaban J connectivity index is 1.80. The summed E-state index contributed by atoms with van der Waals surface area (Å²) in [5.41, 5.74) is -3.91. The number of hydrogen-bond donors (Lipinski definition) is 7. The van der Waals surface area contributed by atoms with Crippen molar-refractivity contribution in [2.45, 2.75) is 43.3 Å². The van der Waals surface area contributed by atoms with Crippen molar-refractivity contribution >= 4 is 35.1 Å². The largest absolute Gasteiger partial charge is 0.507 e. The number of aromatic nitrogens is 1. The Kier molecular flexibility index (Phi) is 10.0. The average molecular weight is 641 g/mol. The van der Waals surface area contributed by atoms with E-state index in [1.807, 2.05) is 0 Å². The third-order valence-corrected chi connectivity index (χ3v) is 7.88. The van der Waals surface area contributed by atoms with E-state index in [4.69, 9.17) is 14.4 Å². The van der Waals surface area contributed by atoms with E-state index in [0.29, 0.717) is 0 Å². The van der Waals surface area contributed by atoms with Gasteiger partial charge in [0.1, 0.15) is 12.2 Å². The molecular weight excluding hydrogens is 608 g/mol. The summed E-state index contributed by atoms with van der Waals surface area (Å²) in [6, 6.07) is 8.16. The van der Waals surface area contributed by atoms with Gasteiger partial charge in [0.15, 0.2) is 11.6 Å². The number of fused-ring (bicyclic) bond motifs is 1. The lowest BCUT2D eigenvalue weighted by Gasteiger charge is -2.42. The van der Waals surface area contributed by atoms with Crippen LogP contribution in [0.5, 0.6) is 5.75 Å². The maximum atomic E-state index is 13.4. The highest BCUT2D eigenvalue weighted by Gasteiger charge is 2.49. The summed E-state index contributed by atoms with van der Waals surface area (Å²) in [6.45, 7) is -1.71. The van der Waals surface area contributed by atoms with Gasteiger partial charge in [-0.25, -0.2) is 4.79 Å². The van der Waals surface area contributed by atoms with Crippen LogP contribution in [0.1, 0.15) is 62.5 Å². The number of rotatable bonds is 13. The lowest BCUT2D eigenvalue weighted by molar-refractivity contribution is -0.151. The SMILES string of the molecule is COC(=O)c1cc(NC(=O)c2ccno2)cc(-c2ccc(O)c3c2CC(O)(CC(O)(CCO)C(CO)C(=O)CC(=O)O)CC3=O)c1. The Bertz CT molecular complexity index is 1670. The molecule has 3 unspecified atom stereocenters. The number of amides is 1. The molecule has 4 rings (SSSR count). The monoisotopic (exact) mass is 640 g/mol. The van der Waals surface area contributed by atoms with Gasteiger partial charge < -0.3 is 45.2 Å². The van der Waals surface area contributed by atoms with Crippen molar-refractivity contribution in [3.8, 4) is 16.9 Å². The van der Waals surface area contributed by atoms with Crippen molar-refractivity contribution in [3.63, 3.8) is 0 Å². The van der Waals surface area contributed by atoms with Gasteiger partial charge in [0.25, 0.3) is 5.91 Å². The van der Waals surface area contributed by atoms with Crippen LogP contribution in [0, 0.1) is 5.92 Å². The van der Waals surface area contributed by atoms with Gasteiger partial charge in [0, 0.05) is 44.0 Å². The minimum Gasteiger partial charge on any atom is -0.507 e. The molecule has 7 N–H and O–H groups in total. The number of Topliss-reactive ketones (excluding diaryl/α,β-unsaturated/α-hetero) is 2. The summed E-state index contributed by atoms with van der Waals surface area (Å²) in [6.07, 6.45) is -2.11. The predicted molar refractivity (Wildman–Crippen MR) is 156 cm³/mol. The van der Waals surface area contributed by atoms with Crippen LogP contribution in [0.4, 0.5) is 5.69 Å². The third kappa shape index (κ3) is 7.13. The Morgan fingerprint density at radius 1 is 1.13 bits per heavy atom. The fourth-order valence-corrected chi connectivity index (χ4v) is 5.91. The molecule has 3 aromatic rings. The Morgan fingerprint density at radius 2 is 1.87 bits per heavy atom. The van der Waals surface area contributed by atoms with E-state index >= 15 is 0 Å². The van der Waals surface area contributed by atoms with E-state index < -0.39 is 97.6 Å². The molecule has 0 aliphatic heterocycles.